The number of amides is 1. The number of H-pyrrole nitrogens is 1. The van der Waals surface area contributed by atoms with Crippen LogP contribution in [0.4, 0.5) is 0 Å². The predicted molar refractivity (Wildman–Crippen MR) is 83.7 cm³/mol. The van der Waals surface area contributed by atoms with Crippen LogP contribution in [0.1, 0.15) is 46.2 Å². The molecule has 1 saturated heterocycles. The van der Waals surface area contributed by atoms with Crippen molar-refractivity contribution in [3.8, 4) is 0 Å². The van der Waals surface area contributed by atoms with Crippen LogP contribution < -0.4 is 10.6 Å². The Bertz CT molecular complexity index is 662. The fourth-order valence-corrected chi connectivity index (χ4v) is 3.50. The number of benzene rings is 1. The van der Waals surface area contributed by atoms with E-state index in [1.807, 2.05) is 6.07 Å². The Labute approximate surface area is 129 Å². The van der Waals surface area contributed by atoms with E-state index in [-0.39, 0.29) is 11.9 Å². The van der Waals surface area contributed by atoms with Gasteiger partial charge in [0.2, 0.25) is 0 Å². The van der Waals surface area contributed by atoms with Gasteiger partial charge in [-0.25, -0.2) is 0 Å². The number of hydrogen-bond acceptors (Lipinski definition) is 3. The molecule has 4 rings (SSSR count). The van der Waals surface area contributed by atoms with Crippen molar-refractivity contribution in [3.05, 3.63) is 52.8 Å². The summed E-state index contributed by atoms with van der Waals surface area (Å²) in [5.41, 5.74) is 4.17. The van der Waals surface area contributed by atoms with Crippen LogP contribution in [0.3, 0.4) is 0 Å². The van der Waals surface area contributed by atoms with E-state index in [4.69, 9.17) is 0 Å². The molecule has 0 radical (unpaired) electrons. The number of carbonyl (C=O) groups excluding carboxylic acids is 1. The zero-order chi connectivity index (χ0) is 14.9. The molecule has 1 unspecified atom stereocenters. The van der Waals surface area contributed by atoms with Gasteiger partial charge in [0.15, 0.2) is 0 Å². The van der Waals surface area contributed by atoms with E-state index in [1.165, 1.54) is 17.5 Å². The summed E-state index contributed by atoms with van der Waals surface area (Å²) in [5.74, 6) is -0.0849. The molecular formula is C17H20N4O. The molecule has 1 fully saturated rings. The second-order valence-electron chi connectivity index (χ2n) is 6.20. The van der Waals surface area contributed by atoms with E-state index in [0.717, 1.165) is 31.5 Å². The maximum absolute atomic E-state index is 12.4. The summed E-state index contributed by atoms with van der Waals surface area (Å²) in [7, 11) is 0. The Morgan fingerprint density at radius 3 is 2.68 bits per heavy atom. The summed E-state index contributed by atoms with van der Waals surface area (Å²) in [6.07, 6.45) is 4.08. The van der Waals surface area contributed by atoms with Crippen molar-refractivity contribution < 1.29 is 4.79 Å². The van der Waals surface area contributed by atoms with Crippen LogP contribution in [0, 0.1) is 0 Å². The lowest BCUT2D eigenvalue weighted by Crippen LogP contribution is -2.35. The molecule has 5 nitrogen and oxygen atoms in total. The highest BCUT2D eigenvalue weighted by molar-refractivity contribution is 5.92. The van der Waals surface area contributed by atoms with Gasteiger partial charge in [-0.2, -0.15) is 5.10 Å². The molecular weight excluding hydrogens is 276 g/mol. The van der Waals surface area contributed by atoms with Crippen molar-refractivity contribution in [2.75, 3.05) is 6.54 Å². The average molecular weight is 296 g/mol. The van der Waals surface area contributed by atoms with Gasteiger partial charge in [0.25, 0.3) is 5.91 Å². The Morgan fingerprint density at radius 1 is 1.23 bits per heavy atom. The highest BCUT2D eigenvalue weighted by Gasteiger charge is 2.25. The quantitative estimate of drug-likeness (QED) is 0.808. The molecule has 0 spiro atoms. The van der Waals surface area contributed by atoms with E-state index in [9.17, 15) is 4.79 Å². The van der Waals surface area contributed by atoms with Crippen molar-refractivity contribution in [2.45, 2.75) is 37.8 Å². The SMILES string of the molecule is O=C(NC1Cc2ccccc2C1)c1cc(C2CCCN2)[nH]n1. The van der Waals surface area contributed by atoms with E-state index < -0.39 is 0 Å². The van der Waals surface area contributed by atoms with Gasteiger partial charge < -0.3 is 10.6 Å². The average Bonchev–Trinajstić information content (AvgIpc) is 3.26. The minimum atomic E-state index is -0.0849. The molecule has 3 N–H and O–H groups in total. The molecule has 1 amide bonds. The molecule has 1 atom stereocenters. The van der Waals surface area contributed by atoms with Gasteiger partial charge in [-0.3, -0.25) is 9.89 Å². The molecule has 0 saturated carbocycles. The van der Waals surface area contributed by atoms with Gasteiger partial charge in [-0.1, -0.05) is 24.3 Å². The van der Waals surface area contributed by atoms with Crippen LogP contribution in [0.15, 0.2) is 30.3 Å². The third-order valence-corrected chi connectivity index (χ3v) is 4.65. The molecule has 2 aliphatic rings. The third-order valence-electron chi connectivity index (χ3n) is 4.65. The number of nitrogens with zero attached hydrogens (tertiary/aromatic N) is 1. The first kappa shape index (κ1) is 13.5. The first-order valence-electron chi connectivity index (χ1n) is 7.96. The van der Waals surface area contributed by atoms with Crippen LogP contribution >= 0.6 is 0 Å². The first-order chi connectivity index (χ1) is 10.8. The predicted octanol–water partition coefficient (Wildman–Crippen LogP) is 1.73. The van der Waals surface area contributed by atoms with E-state index >= 15 is 0 Å². The van der Waals surface area contributed by atoms with Crippen molar-refractivity contribution in [3.63, 3.8) is 0 Å². The molecule has 2 heterocycles. The fourth-order valence-electron chi connectivity index (χ4n) is 3.50. The minimum Gasteiger partial charge on any atom is -0.347 e. The zero-order valence-corrected chi connectivity index (χ0v) is 12.4. The largest absolute Gasteiger partial charge is 0.347 e. The summed E-state index contributed by atoms with van der Waals surface area (Å²) in [5, 5.41) is 13.7. The summed E-state index contributed by atoms with van der Waals surface area (Å²) >= 11 is 0. The van der Waals surface area contributed by atoms with Gasteiger partial charge in [-0.15, -0.1) is 0 Å². The summed E-state index contributed by atoms with van der Waals surface area (Å²) in [6.45, 7) is 1.03. The molecule has 1 aliphatic heterocycles. The number of rotatable bonds is 3. The summed E-state index contributed by atoms with van der Waals surface area (Å²) in [6, 6.07) is 10.7. The van der Waals surface area contributed by atoms with Gasteiger partial charge in [-0.05, 0) is 49.4 Å². The smallest absolute Gasteiger partial charge is 0.272 e. The van der Waals surface area contributed by atoms with Crippen molar-refractivity contribution in [1.82, 2.24) is 20.8 Å². The Kier molecular flexibility index (Phi) is 3.42. The highest BCUT2D eigenvalue weighted by Crippen LogP contribution is 2.23. The standard InChI is InChI=1S/C17H20N4O/c22-17(16-10-15(20-21-16)14-6-3-7-18-14)19-13-8-11-4-1-2-5-12(11)9-13/h1-2,4-5,10,13-14,18H,3,6-9H2,(H,19,22)(H,20,21). The lowest BCUT2D eigenvalue weighted by Gasteiger charge is -2.10. The first-order valence-corrected chi connectivity index (χ1v) is 7.96. The molecule has 114 valence electrons. The maximum atomic E-state index is 12.4. The van der Waals surface area contributed by atoms with Crippen molar-refractivity contribution in [1.29, 1.82) is 0 Å². The van der Waals surface area contributed by atoms with Crippen LogP contribution in [-0.2, 0) is 12.8 Å². The van der Waals surface area contributed by atoms with Gasteiger partial charge in [0.1, 0.15) is 5.69 Å². The fraction of sp³-hybridized carbons (Fsp3) is 0.412. The molecule has 5 heteroatoms. The van der Waals surface area contributed by atoms with Gasteiger partial charge >= 0.3 is 0 Å². The number of aromatic nitrogens is 2. The second-order valence-corrected chi connectivity index (χ2v) is 6.20. The number of fused-ring (bicyclic) bond motifs is 1. The van der Waals surface area contributed by atoms with Crippen molar-refractivity contribution in [2.24, 2.45) is 0 Å². The number of carbonyl (C=O) groups is 1. The second kappa shape index (κ2) is 5.57. The van der Waals surface area contributed by atoms with E-state index in [2.05, 4.69) is 45.1 Å². The van der Waals surface area contributed by atoms with Crippen LogP contribution in [0.5, 0.6) is 0 Å². The molecule has 1 aliphatic carbocycles. The highest BCUT2D eigenvalue weighted by atomic mass is 16.2. The molecule has 2 aromatic rings. The van der Waals surface area contributed by atoms with Gasteiger partial charge in [0.05, 0.1) is 5.69 Å². The molecule has 1 aromatic heterocycles. The topological polar surface area (TPSA) is 69.8 Å². The number of hydrogen-bond donors (Lipinski definition) is 3. The van der Waals surface area contributed by atoms with Crippen LogP contribution in [0.2, 0.25) is 0 Å². The monoisotopic (exact) mass is 296 g/mol. The van der Waals surface area contributed by atoms with E-state index in [1.54, 1.807) is 0 Å². The van der Waals surface area contributed by atoms with E-state index in [0.29, 0.717) is 11.7 Å². The van der Waals surface area contributed by atoms with Crippen LogP contribution in [0.25, 0.3) is 0 Å². The lowest BCUT2D eigenvalue weighted by atomic mass is 10.1. The lowest BCUT2D eigenvalue weighted by molar-refractivity contribution is 0.0933. The normalized spacial score (nSPS) is 21.0. The molecule has 22 heavy (non-hydrogen) atoms. The summed E-state index contributed by atoms with van der Waals surface area (Å²) < 4.78 is 0. The number of aromatic amines is 1. The Balaban J connectivity index is 1.41. The number of nitrogens with one attached hydrogen (secondary N) is 3. The zero-order valence-electron chi connectivity index (χ0n) is 12.4. The van der Waals surface area contributed by atoms with Crippen molar-refractivity contribution >= 4 is 5.91 Å². The van der Waals surface area contributed by atoms with Gasteiger partial charge in [0, 0.05) is 12.1 Å². The Hall–Kier alpha value is -2.14. The molecule has 0 bridgehead atoms. The molecule has 1 aromatic carbocycles. The maximum Gasteiger partial charge on any atom is 0.272 e. The third kappa shape index (κ3) is 2.52. The summed E-state index contributed by atoms with van der Waals surface area (Å²) in [4.78, 5) is 12.4. The minimum absolute atomic E-state index is 0.0849. The Morgan fingerprint density at radius 2 is 2.00 bits per heavy atom. The van der Waals surface area contributed by atoms with Crippen LogP contribution in [-0.4, -0.2) is 28.7 Å².